The van der Waals surface area contributed by atoms with Gasteiger partial charge < -0.3 is 10.1 Å². The van der Waals surface area contributed by atoms with Crippen molar-refractivity contribution in [2.75, 3.05) is 26.2 Å². The fraction of sp³-hybridized carbons (Fsp3) is 0.667. The SMILES string of the molecule is c1ccc2c(c1)OCC2CN(CC1CCCCN1)C1CC1. The molecular formula is C18H26N2O. The van der Waals surface area contributed by atoms with E-state index in [1.54, 1.807) is 0 Å². The van der Waals surface area contributed by atoms with Crippen LogP contribution in [0.5, 0.6) is 5.75 Å². The van der Waals surface area contributed by atoms with Crippen LogP contribution >= 0.6 is 0 Å². The average Bonchev–Trinajstić information content (AvgIpc) is 3.30. The zero-order valence-electron chi connectivity index (χ0n) is 12.8. The molecule has 1 aliphatic carbocycles. The molecule has 1 N–H and O–H groups in total. The third-order valence-electron chi connectivity index (χ3n) is 5.18. The predicted molar refractivity (Wildman–Crippen MR) is 84.9 cm³/mol. The van der Waals surface area contributed by atoms with E-state index in [-0.39, 0.29) is 0 Å². The molecule has 2 atom stereocenters. The number of piperidine rings is 1. The predicted octanol–water partition coefficient (Wildman–Crippen LogP) is 2.77. The van der Waals surface area contributed by atoms with Gasteiger partial charge in [0, 0.05) is 36.7 Å². The van der Waals surface area contributed by atoms with Gasteiger partial charge in [0.1, 0.15) is 5.75 Å². The van der Waals surface area contributed by atoms with Gasteiger partial charge in [0.15, 0.2) is 0 Å². The topological polar surface area (TPSA) is 24.5 Å². The molecule has 0 radical (unpaired) electrons. The van der Waals surface area contributed by atoms with E-state index in [1.807, 2.05) is 0 Å². The molecule has 21 heavy (non-hydrogen) atoms. The number of ether oxygens (including phenoxy) is 1. The molecule has 0 bridgehead atoms. The molecule has 114 valence electrons. The van der Waals surface area contributed by atoms with E-state index in [9.17, 15) is 0 Å². The molecule has 2 unspecified atom stereocenters. The normalized spacial score (nSPS) is 28.4. The van der Waals surface area contributed by atoms with E-state index in [0.29, 0.717) is 12.0 Å². The highest BCUT2D eigenvalue weighted by atomic mass is 16.5. The van der Waals surface area contributed by atoms with E-state index in [4.69, 9.17) is 4.74 Å². The lowest BCUT2D eigenvalue weighted by molar-refractivity contribution is 0.193. The Morgan fingerprint density at radius 2 is 2.00 bits per heavy atom. The number of nitrogens with zero attached hydrogens (tertiary/aromatic N) is 1. The lowest BCUT2D eigenvalue weighted by atomic mass is 9.99. The van der Waals surface area contributed by atoms with Gasteiger partial charge in [-0.25, -0.2) is 0 Å². The quantitative estimate of drug-likeness (QED) is 0.901. The summed E-state index contributed by atoms with van der Waals surface area (Å²) < 4.78 is 5.86. The van der Waals surface area contributed by atoms with Crippen LogP contribution in [0, 0.1) is 0 Å². The Labute approximate surface area is 127 Å². The molecule has 2 fully saturated rings. The van der Waals surface area contributed by atoms with Crippen LogP contribution in [0.4, 0.5) is 0 Å². The highest BCUT2D eigenvalue weighted by Crippen LogP contribution is 2.36. The summed E-state index contributed by atoms with van der Waals surface area (Å²) in [5, 5.41) is 3.70. The van der Waals surface area contributed by atoms with Gasteiger partial charge in [-0.3, -0.25) is 4.90 Å². The Balaban J connectivity index is 1.41. The molecule has 1 aromatic rings. The molecule has 1 saturated heterocycles. The summed E-state index contributed by atoms with van der Waals surface area (Å²) in [6, 6.07) is 10.1. The van der Waals surface area contributed by atoms with E-state index >= 15 is 0 Å². The molecule has 0 aromatic heterocycles. The van der Waals surface area contributed by atoms with Gasteiger partial charge >= 0.3 is 0 Å². The van der Waals surface area contributed by atoms with Gasteiger partial charge in [0.2, 0.25) is 0 Å². The summed E-state index contributed by atoms with van der Waals surface area (Å²) in [5.41, 5.74) is 1.42. The highest BCUT2D eigenvalue weighted by Gasteiger charge is 2.34. The van der Waals surface area contributed by atoms with Gasteiger partial charge in [-0.15, -0.1) is 0 Å². The van der Waals surface area contributed by atoms with Crippen LogP contribution in [0.15, 0.2) is 24.3 Å². The molecule has 0 spiro atoms. The summed E-state index contributed by atoms with van der Waals surface area (Å²) in [6.45, 7) is 4.46. The lowest BCUT2D eigenvalue weighted by Gasteiger charge is -2.32. The summed E-state index contributed by atoms with van der Waals surface area (Å²) >= 11 is 0. The Morgan fingerprint density at radius 3 is 2.81 bits per heavy atom. The summed E-state index contributed by atoms with van der Waals surface area (Å²) in [4.78, 5) is 2.74. The number of hydrogen-bond acceptors (Lipinski definition) is 3. The van der Waals surface area contributed by atoms with Crippen LogP contribution in [0.2, 0.25) is 0 Å². The van der Waals surface area contributed by atoms with E-state index in [1.165, 1.54) is 57.3 Å². The maximum Gasteiger partial charge on any atom is 0.122 e. The second-order valence-corrected chi connectivity index (χ2v) is 6.88. The fourth-order valence-corrected chi connectivity index (χ4v) is 3.84. The van der Waals surface area contributed by atoms with Crippen LogP contribution < -0.4 is 10.1 Å². The zero-order chi connectivity index (χ0) is 14.1. The van der Waals surface area contributed by atoms with Gasteiger partial charge in [-0.05, 0) is 38.3 Å². The molecule has 4 rings (SSSR count). The minimum absolute atomic E-state index is 0.561. The van der Waals surface area contributed by atoms with Crippen LogP contribution in [0.1, 0.15) is 43.6 Å². The maximum absolute atomic E-state index is 5.86. The first-order valence-electron chi connectivity index (χ1n) is 8.59. The molecule has 3 heteroatoms. The van der Waals surface area contributed by atoms with Crippen molar-refractivity contribution < 1.29 is 4.74 Å². The molecule has 3 nitrogen and oxygen atoms in total. The smallest absolute Gasteiger partial charge is 0.122 e. The third-order valence-corrected chi connectivity index (χ3v) is 5.18. The monoisotopic (exact) mass is 286 g/mol. The molecule has 2 aliphatic heterocycles. The number of nitrogens with one attached hydrogen (secondary N) is 1. The van der Waals surface area contributed by atoms with Crippen molar-refractivity contribution in [3.05, 3.63) is 29.8 Å². The molecule has 1 saturated carbocycles. The molecule has 2 heterocycles. The summed E-state index contributed by atoms with van der Waals surface area (Å²) in [5.74, 6) is 1.67. The van der Waals surface area contributed by atoms with Crippen molar-refractivity contribution in [2.24, 2.45) is 0 Å². The number of benzene rings is 1. The Bertz CT molecular complexity index is 480. The van der Waals surface area contributed by atoms with Crippen LogP contribution in [-0.2, 0) is 0 Å². The Kier molecular flexibility index (Phi) is 3.87. The molecule has 0 amide bonds. The minimum Gasteiger partial charge on any atom is -0.493 e. The second-order valence-electron chi connectivity index (χ2n) is 6.88. The first-order valence-corrected chi connectivity index (χ1v) is 8.59. The van der Waals surface area contributed by atoms with Crippen molar-refractivity contribution in [3.8, 4) is 5.75 Å². The first kappa shape index (κ1) is 13.6. The van der Waals surface area contributed by atoms with E-state index in [2.05, 4.69) is 34.5 Å². The first-order chi connectivity index (χ1) is 10.4. The fourth-order valence-electron chi connectivity index (χ4n) is 3.84. The van der Waals surface area contributed by atoms with Crippen LogP contribution in [0.3, 0.4) is 0 Å². The van der Waals surface area contributed by atoms with Crippen LogP contribution in [-0.4, -0.2) is 43.2 Å². The third kappa shape index (κ3) is 3.09. The van der Waals surface area contributed by atoms with Crippen LogP contribution in [0.25, 0.3) is 0 Å². The van der Waals surface area contributed by atoms with Gasteiger partial charge in [0.05, 0.1) is 6.61 Å². The van der Waals surface area contributed by atoms with Crippen molar-refractivity contribution in [3.63, 3.8) is 0 Å². The lowest BCUT2D eigenvalue weighted by Crippen LogP contribution is -2.45. The zero-order valence-corrected chi connectivity index (χ0v) is 12.8. The Hall–Kier alpha value is -1.06. The van der Waals surface area contributed by atoms with Gasteiger partial charge in [-0.1, -0.05) is 24.6 Å². The largest absolute Gasteiger partial charge is 0.493 e. The Morgan fingerprint density at radius 1 is 1.10 bits per heavy atom. The van der Waals surface area contributed by atoms with Crippen molar-refractivity contribution in [1.82, 2.24) is 10.2 Å². The van der Waals surface area contributed by atoms with Crippen molar-refractivity contribution in [1.29, 1.82) is 0 Å². The van der Waals surface area contributed by atoms with E-state index in [0.717, 1.165) is 18.4 Å². The number of para-hydroxylation sites is 1. The molecule has 1 aromatic carbocycles. The maximum atomic E-state index is 5.86. The van der Waals surface area contributed by atoms with Gasteiger partial charge in [0.25, 0.3) is 0 Å². The van der Waals surface area contributed by atoms with E-state index < -0.39 is 0 Å². The van der Waals surface area contributed by atoms with Crippen molar-refractivity contribution in [2.45, 2.75) is 50.1 Å². The average molecular weight is 286 g/mol. The molecule has 3 aliphatic rings. The molecular weight excluding hydrogens is 260 g/mol. The van der Waals surface area contributed by atoms with Crippen molar-refractivity contribution >= 4 is 0 Å². The number of fused-ring (bicyclic) bond motifs is 1. The summed E-state index contributed by atoms with van der Waals surface area (Å²) in [6.07, 6.45) is 6.88. The minimum atomic E-state index is 0.561. The van der Waals surface area contributed by atoms with Gasteiger partial charge in [-0.2, -0.15) is 0 Å². The summed E-state index contributed by atoms with van der Waals surface area (Å²) in [7, 11) is 0. The second kappa shape index (κ2) is 5.98. The standard InChI is InChI=1S/C18H26N2O/c1-2-7-18-17(6-1)14(13-21-18)11-20(16-8-9-16)12-15-5-3-4-10-19-15/h1-2,6-7,14-16,19H,3-5,8-13H2. The number of hydrogen-bond donors (Lipinski definition) is 1. The highest BCUT2D eigenvalue weighted by molar-refractivity contribution is 5.39. The number of rotatable bonds is 5.